The van der Waals surface area contributed by atoms with Gasteiger partial charge in [0.2, 0.25) is 0 Å². The van der Waals surface area contributed by atoms with Crippen LogP contribution in [0.4, 0.5) is 5.69 Å². The number of nitro groups is 1. The van der Waals surface area contributed by atoms with Gasteiger partial charge in [0.1, 0.15) is 11.4 Å². The Morgan fingerprint density at radius 3 is 2.55 bits per heavy atom. The summed E-state index contributed by atoms with van der Waals surface area (Å²) in [5.41, 5.74) is 3.88. The predicted octanol–water partition coefficient (Wildman–Crippen LogP) is 5.81. The second-order valence-corrected chi connectivity index (χ2v) is 7.38. The van der Waals surface area contributed by atoms with E-state index >= 15 is 0 Å². The van der Waals surface area contributed by atoms with Gasteiger partial charge in [-0.15, -0.1) is 0 Å². The summed E-state index contributed by atoms with van der Waals surface area (Å²) in [6.45, 7) is 0. The third-order valence-corrected chi connectivity index (χ3v) is 5.35. The molecule has 0 unspecified atom stereocenters. The Morgan fingerprint density at radius 1 is 1.03 bits per heavy atom. The van der Waals surface area contributed by atoms with Crippen molar-refractivity contribution in [2.75, 3.05) is 7.11 Å². The minimum absolute atomic E-state index is 0.0237. The third kappa shape index (κ3) is 3.25. The van der Waals surface area contributed by atoms with Gasteiger partial charge in [0.25, 0.3) is 5.69 Å². The smallest absolute Gasteiger partial charge is 0.269 e. The van der Waals surface area contributed by atoms with Crippen LogP contribution < -0.4 is 4.74 Å². The molecule has 2 heterocycles. The second-order valence-electron chi connectivity index (χ2n) is 6.95. The fraction of sp³-hybridized carbons (Fsp3) is 0.0435. The van der Waals surface area contributed by atoms with Gasteiger partial charge in [-0.05, 0) is 48.5 Å². The number of ether oxygens (including phenoxy) is 1. The number of hydrogen-bond acceptors (Lipinski definition) is 5. The highest BCUT2D eigenvalue weighted by Crippen LogP contribution is 2.35. The van der Waals surface area contributed by atoms with Crippen molar-refractivity contribution >= 4 is 39.1 Å². The number of aromatic nitrogens is 3. The molecule has 0 saturated heterocycles. The first kappa shape index (κ1) is 19.0. The van der Waals surface area contributed by atoms with E-state index in [9.17, 15) is 10.1 Å². The molecule has 0 fully saturated rings. The molecule has 0 radical (unpaired) electrons. The minimum Gasteiger partial charge on any atom is -0.497 e. The van der Waals surface area contributed by atoms with Gasteiger partial charge in [-0.3, -0.25) is 15.1 Å². The Balaban J connectivity index is 1.85. The number of non-ortho nitro benzene ring substituents is 1. The Hall–Kier alpha value is -3.97. The molecule has 5 aromatic rings. The average molecular weight is 431 g/mol. The van der Waals surface area contributed by atoms with Crippen molar-refractivity contribution in [2.45, 2.75) is 0 Å². The molecular formula is C23H15ClN4O3. The van der Waals surface area contributed by atoms with E-state index in [0.717, 1.165) is 33.1 Å². The molecule has 5 rings (SSSR count). The molecule has 0 bridgehead atoms. The first-order chi connectivity index (χ1) is 15.0. The van der Waals surface area contributed by atoms with E-state index in [1.54, 1.807) is 31.5 Å². The van der Waals surface area contributed by atoms with Gasteiger partial charge in [-0.25, -0.2) is 4.68 Å². The second kappa shape index (κ2) is 7.37. The van der Waals surface area contributed by atoms with E-state index in [0.29, 0.717) is 16.5 Å². The summed E-state index contributed by atoms with van der Waals surface area (Å²) in [6, 6.07) is 19.4. The van der Waals surface area contributed by atoms with Crippen molar-refractivity contribution < 1.29 is 9.66 Å². The first-order valence-corrected chi connectivity index (χ1v) is 9.79. The van der Waals surface area contributed by atoms with E-state index in [4.69, 9.17) is 21.4 Å². The molecule has 152 valence electrons. The molecule has 0 aliphatic rings. The van der Waals surface area contributed by atoms with E-state index in [1.807, 2.05) is 41.1 Å². The van der Waals surface area contributed by atoms with Crippen molar-refractivity contribution in [2.24, 2.45) is 0 Å². The summed E-state index contributed by atoms with van der Waals surface area (Å²) < 4.78 is 7.24. The Bertz CT molecular complexity index is 1460. The van der Waals surface area contributed by atoms with Crippen LogP contribution in [-0.4, -0.2) is 26.8 Å². The van der Waals surface area contributed by atoms with E-state index in [-0.39, 0.29) is 5.69 Å². The van der Waals surface area contributed by atoms with Gasteiger partial charge in [-0.2, -0.15) is 5.10 Å². The van der Waals surface area contributed by atoms with Crippen molar-refractivity contribution in [3.05, 3.63) is 88.1 Å². The molecular weight excluding hydrogens is 416 g/mol. The van der Waals surface area contributed by atoms with E-state index in [2.05, 4.69) is 4.98 Å². The summed E-state index contributed by atoms with van der Waals surface area (Å²) in [5.74, 6) is 0.706. The number of fused-ring (bicyclic) bond motifs is 3. The minimum atomic E-state index is -0.423. The quantitative estimate of drug-likeness (QED) is 0.265. The van der Waals surface area contributed by atoms with Crippen LogP contribution in [0.15, 0.2) is 72.9 Å². The lowest BCUT2D eigenvalue weighted by Gasteiger charge is -2.07. The van der Waals surface area contributed by atoms with E-state index in [1.165, 1.54) is 12.1 Å². The average Bonchev–Trinajstić information content (AvgIpc) is 3.19. The number of rotatable bonds is 4. The largest absolute Gasteiger partial charge is 0.497 e. The fourth-order valence-corrected chi connectivity index (χ4v) is 3.82. The Morgan fingerprint density at radius 2 is 1.84 bits per heavy atom. The van der Waals surface area contributed by atoms with Crippen LogP contribution >= 0.6 is 11.6 Å². The zero-order valence-electron chi connectivity index (χ0n) is 16.3. The maximum absolute atomic E-state index is 11.0. The number of benzene rings is 3. The lowest BCUT2D eigenvalue weighted by molar-refractivity contribution is -0.384. The molecule has 3 aromatic carbocycles. The molecule has 8 heteroatoms. The van der Waals surface area contributed by atoms with Crippen molar-refractivity contribution in [3.63, 3.8) is 0 Å². The molecule has 0 spiro atoms. The summed E-state index contributed by atoms with van der Waals surface area (Å²) in [5, 5.41) is 18.2. The number of halogens is 1. The van der Waals surface area contributed by atoms with Crippen LogP contribution in [0, 0.1) is 10.1 Å². The summed E-state index contributed by atoms with van der Waals surface area (Å²) in [6.07, 6.45) is 1.77. The fourth-order valence-electron chi connectivity index (χ4n) is 3.64. The number of methoxy groups -OCH3 is 1. The van der Waals surface area contributed by atoms with Crippen LogP contribution in [0.1, 0.15) is 0 Å². The van der Waals surface area contributed by atoms with E-state index < -0.39 is 4.92 Å². The molecule has 2 aromatic heterocycles. The molecule has 7 nitrogen and oxygen atoms in total. The van der Waals surface area contributed by atoms with Crippen molar-refractivity contribution in [1.82, 2.24) is 14.8 Å². The molecule has 0 atom stereocenters. The monoisotopic (exact) mass is 430 g/mol. The number of hydrogen-bond donors (Lipinski definition) is 0. The van der Waals surface area contributed by atoms with Crippen LogP contribution in [0.3, 0.4) is 0 Å². The Kier molecular flexibility index (Phi) is 4.52. The number of pyridine rings is 1. The third-order valence-electron chi connectivity index (χ3n) is 5.12. The zero-order valence-corrected chi connectivity index (χ0v) is 17.1. The maximum Gasteiger partial charge on any atom is 0.269 e. The highest BCUT2D eigenvalue weighted by atomic mass is 35.5. The molecule has 0 amide bonds. The van der Waals surface area contributed by atoms with Crippen LogP contribution in [0.2, 0.25) is 5.02 Å². The topological polar surface area (TPSA) is 83.1 Å². The summed E-state index contributed by atoms with van der Waals surface area (Å²) >= 11 is 6.25. The summed E-state index contributed by atoms with van der Waals surface area (Å²) in [7, 11) is 1.62. The lowest BCUT2D eigenvalue weighted by Crippen LogP contribution is -1.97. The predicted molar refractivity (Wildman–Crippen MR) is 120 cm³/mol. The molecule has 0 N–H and O–H groups in total. The zero-order chi connectivity index (χ0) is 21.5. The molecule has 0 aliphatic heterocycles. The SMILES string of the molecule is COc1ccc2ncc3c(-c4ccc([N+](=O)[O-])cc4)nn(-c4cccc(Cl)c4)c3c2c1. The number of nitro benzene ring substituents is 1. The molecule has 0 aliphatic carbocycles. The van der Waals surface area contributed by atoms with Crippen molar-refractivity contribution in [1.29, 1.82) is 0 Å². The van der Waals surface area contributed by atoms with Crippen LogP contribution in [-0.2, 0) is 0 Å². The van der Waals surface area contributed by atoms with Gasteiger partial charge in [0, 0.05) is 39.7 Å². The molecule has 0 saturated carbocycles. The van der Waals surface area contributed by atoms with Crippen LogP contribution in [0.25, 0.3) is 38.8 Å². The van der Waals surface area contributed by atoms with Crippen molar-refractivity contribution in [3.8, 4) is 22.7 Å². The highest BCUT2D eigenvalue weighted by Gasteiger charge is 2.18. The van der Waals surface area contributed by atoms with Crippen LogP contribution in [0.5, 0.6) is 5.75 Å². The highest BCUT2D eigenvalue weighted by molar-refractivity contribution is 6.30. The number of nitrogens with zero attached hydrogens (tertiary/aromatic N) is 4. The first-order valence-electron chi connectivity index (χ1n) is 9.41. The van der Waals surface area contributed by atoms with Gasteiger partial charge in [0.15, 0.2) is 0 Å². The van der Waals surface area contributed by atoms with Gasteiger partial charge in [0.05, 0.1) is 28.8 Å². The normalized spacial score (nSPS) is 11.2. The standard InChI is InChI=1S/C23H15ClN4O3/c1-31-18-9-10-21-19(12-18)23-20(13-25-21)22(14-5-7-16(8-6-14)28(29)30)26-27(23)17-4-2-3-15(24)11-17/h2-13H,1H3. The van der Waals surface area contributed by atoms with Gasteiger partial charge in [-0.1, -0.05) is 17.7 Å². The van der Waals surface area contributed by atoms with Gasteiger partial charge < -0.3 is 4.74 Å². The molecule has 31 heavy (non-hydrogen) atoms. The Labute approximate surface area is 181 Å². The lowest BCUT2D eigenvalue weighted by atomic mass is 10.1. The maximum atomic E-state index is 11.0. The summed E-state index contributed by atoms with van der Waals surface area (Å²) in [4.78, 5) is 15.2. The van der Waals surface area contributed by atoms with Gasteiger partial charge >= 0.3 is 0 Å².